The SMILES string of the molecule is CN(C1CCCCC1)S(=O)(=O)NCc1cccc(C(=O)N2CCCC2)c1. The van der Waals surface area contributed by atoms with Crippen LogP contribution in [0.5, 0.6) is 0 Å². The number of carbonyl (C=O) groups is 1. The number of carbonyl (C=O) groups excluding carboxylic acids is 1. The summed E-state index contributed by atoms with van der Waals surface area (Å²) >= 11 is 0. The average Bonchev–Trinajstić information content (AvgIpc) is 3.21. The van der Waals surface area contributed by atoms with Crippen molar-refractivity contribution in [2.24, 2.45) is 0 Å². The second-order valence-electron chi connectivity index (χ2n) is 7.33. The summed E-state index contributed by atoms with van der Waals surface area (Å²) in [6.45, 7) is 1.81. The number of hydrogen-bond acceptors (Lipinski definition) is 3. The van der Waals surface area contributed by atoms with Crippen LogP contribution in [0.2, 0.25) is 0 Å². The van der Waals surface area contributed by atoms with Crippen LogP contribution >= 0.6 is 0 Å². The minimum atomic E-state index is -3.52. The van der Waals surface area contributed by atoms with Crippen molar-refractivity contribution >= 4 is 16.1 Å². The minimum Gasteiger partial charge on any atom is -0.339 e. The Morgan fingerprint density at radius 1 is 1.15 bits per heavy atom. The highest BCUT2D eigenvalue weighted by atomic mass is 32.2. The monoisotopic (exact) mass is 379 g/mol. The van der Waals surface area contributed by atoms with Crippen LogP contribution < -0.4 is 4.72 Å². The summed E-state index contributed by atoms with van der Waals surface area (Å²) in [4.78, 5) is 14.4. The van der Waals surface area contributed by atoms with Gasteiger partial charge in [-0.1, -0.05) is 31.4 Å². The zero-order chi connectivity index (χ0) is 18.6. The van der Waals surface area contributed by atoms with E-state index in [1.165, 1.54) is 10.7 Å². The maximum atomic E-state index is 12.6. The van der Waals surface area contributed by atoms with Gasteiger partial charge in [0.2, 0.25) is 0 Å². The lowest BCUT2D eigenvalue weighted by molar-refractivity contribution is 0.0792. The molecule has 1 amide bonds. The fourth-order valence-corrected chi connectivity index (χ4v) is 4.99. The standard InChI is InChI=1S/C19H29N3O3S/c1-21(18-10-3-2-4-11-18)26(24,25)20-15-16-8-7-9-17(14-16)19(23)22-12-5-6-13-22/h7-9,14,18,20H,2-6,10-13,15H2,1H3. The smallest absolute Gasteiger partial charge is 0.279 e. The number of amides is 1. The summed E-state index contributed by atoms with van der Waals surface area (Å²) in [5.41, 5.74) is 1.43. The van der Waals surface area contributed by atoms with Crippen molar-refractivity contribution in [1.29, 1.82) is 0 Å². The quantitative estimate of drug-likeness (QED) is 0.826. The van der Waals surface area contributed by atoms with Gasteiger partial charge in [-0.15, -0.1) is 0 Å². The molecule has 1 saturated heterocycles. The maximum absolute atomic E-state index is 12.6. The van der Waals surface area contributed by atoms with Crippen LogP contribution in [0.4, 0.5) is 0 Å². The van der Waals surface area contributed by atoms with Gasteiger partial charge in [-0.2, -0.15) is 17.4 Å². The number of nitrogens with one attached hydrogen (secondary N) is 1. The zero-order valence-corrected chi connectivity index (χ0v) is 16.3. The van der Waals surface area contributed by atoms with Crippen molar-refractivity contribution in [3.05, 3.63) is 35.4 Å². The van der Waals surface area contributed by atoms with E-state index in [0.717, 1.165) is 57.2 Å². The highest BCUT2D eigenvalue weighted by molar-refractivity contribution is 7.87. The molecule has 1 heterocycles. The summed E-state index contributed by atoms with van der Waals surface area (Å²) in [6.07, 6.45) is 7.33. The molecule has 3 rings (SSSR count). The molecule has 0 radical (unpaired) electrons. The van der Waals surface area contributed by atoms with E-state index in [1.807, 2.05) is 17.0 Å². The number of hydrogen-bond donors (Lipinski definition) is 1. The van der Waals surface area contributed by atoms with Crippen molar-refractivity contribution in [2.45, 2.75) is 57.5 Å². The van der Waals surface area contributed by atoms with Gasteiger partial charge < -0.3 is 4.90 Å². The molecule has 0 atom stereocenters. The Morgan fingerprint density at radius 2 is 1.85 bits per heavy atom. The van der Waals surface area contributed by atoms with E-state index >= 15 is 0 Å². The maximum Gasteiger partial charge on any atom is 0.279 e. The van der Waals surface area contributed by atoms with Crippen molar-refractivity contribution in [1.82, 2.24) is 13.9 Å². The lowest BCUT2D eigenvalue weighted by Gasteiger charge is -2.30. The Kier molecular flexibility index (Phi) is 6.32. The van der Waals surface area contributed by atoms with E-state index in [9.17, 15) is 13.2 Å². The fraction of sp³-hybridized carbons (Fsp3) is 0.632. The number of nitrogens with zero attached hydrogens (tertiary/aromatic N) is 2. The van der Waals surface area contributed by atoms with E-state index in [-0.39, 0.29) is 18.5 Å². The first-order valence-corrected chi connectivity index (χ1v) is 11.0. The van der Waals surface area contributed by atoms with Gasteiger partial charge in [-0.3, -0.25) is 4.79 Å². The largest absolute Gasteiger partial charge is 0.339 e. The molecule has 144 valence electrons. The molecule has 0 spiro atoms. The highest BCUT2D eigenvalue weighted by Gasteiger charge is 2.27. The third-order valence-corrected chi connectivity index (χ3v) is 7.06. The Bertz CT molecular complexity index is 723. The second kappa shape index (κ2) is 8.50. The van der Waals surface area contributed by atoms with E-state index in [0.29, 0.717) is 5.56 Å². The molecular weight excluding hydrogens is 350 g/mol. The van der Waals surface area contributed by atoms with Crippen LogP contribution in [0.1, 0.15) is 60.9 Å². The second-order valence-corrected chi connectivity index (χ2v) is 9.15. The van der Waals surface area contributed by atoms with E-state index in [4.69, 9.17) is 0 Å². The van der Waals surface area contributed by atoms with Crippen molar-refractivity contribution in [3.8, 4) is 0 Å². The fourth-order valence-electron chi connectivity index (χ4n) is 3.83. The van der Waals surface area contributed by atoms with E-state index < -0.39 is 10.2 Å². The van der Waals surface area contributed by atoms with Gasteiger partial charge in [0.15, 0.2) is 0 Å². The Balaban J connectivity index is 1.61. The predicted molar refractivity (Wildman–Crippen MR) is 102 cm³/mol. The number of likely N-dealkylation sites (tertiary alicyclic amines) is 1. The van der Waals surface area contributed by atoms with Crippen molar-refractivity contribution < 1.29 is 13.2 Å². The normalized spacial score (nSPS) is 19.2. The van der Waals surface area contributed by atoms with Gasteiger partial charge in [0.1, 0.15) is 0 Å². The summed E-state index contributed by atoms with van der Waals surface area (Å²) in [6, 6.07) is 7.35. The van der Waals surface area contributed by atoms with E-state index in [1.54, 1.807) is 19.2 Å². The van der Waals surface area contributed by atoms with Gasteiger partial charge in [-0.25, -0.2) is 0 Å². The Morgan fingerprint density at radius 3 is 2.54 bits per heavy atom. The van der Waals surface area contributed by atoms with Crippen molar-refractivity contribution in [3.63, 3.8) is 0 Å². The summed E-state index contributed by atoms with van der Waals surface area (Å²) < 4.78 is 29.3. The molecule has 1 aromatic carbocycles. The van der Waals surface area contributed by atoms with Crippen LogP contribution in [0.25, 0.3) is 0 Å². The van der Waals surface area contributed by atoms with Crippen molar-refractivity contribution in [2.75, 3.05) is 20.1 Å². The lowest BCUT2D eigenvalue weighted by Crippen LogP contribution is -2.44. The Labute approximate surface area is 156 Å². The third-order valence-electron chi connectivity index (χ3n) is 5.49. The zero-order valence-electron chi connectivity index (χ0n) is 15.5. The number of rotatable bonds is 6. The first-order chi connectivity index (χ1) is 12.5. The molecule has 1 aliphatic heterocycles. The molecule has 1 aromatic rings. The van der Waals surface area contributed by atoms with Gasteiger partial charge >= 0.3 is 0 Å². The molecule has 1 aliphatic carbocycles. The van der Waals surface area contributed by atoms with Crippen LogP contribution in [0.15, 0.2) is 24.3 Å². The van der Waals surface area contributed by atoms with Crippen LogP contribution in [0.3, 0.4) is 0 Å². The summed E-state index contributed by atoms with van der Waals surface area (Å²) in [7, 11) is -1.86. The first kappa shape index (κ1) is 19.3. The molecule has 1 saturated carbocycles. The minimum absolute atomic E-state index is 0.0338. The molecular formula is C19H29N3O3S. The predicted octanol–water partition coefficient (Wildman–Crippen LogP) is 2.52. The first-order valence-electron chi connectivity index (χ1n) is 9.58. The van der Waals surface area contributed by atoms with Crippen LogP contribution in [-0.2, 0) is 16.8 Å². The summed E-state index contributed by atoms with van der Waals surface area (Å²) in [5, 5.41) is 0. The van der Waals surface area contributed by atoms with Crippen LogP contribution in [-0.4, -0.2) is 49.7 Å². The Hall–Kier alpha value is -1.44. The lowest BCUT2D eigenvalue weighted by atomic mass is 9.96. The average molecular weight is 380 g/mol. The molecule has 0 aromatic heterocycles. The molecule has 2 fully saturated rings. The van der Waals surface area contributed by atoms with Gasteiger partial charge in [0.05, 0.1) is 0 Å². The topological polar surface area (TPSA) is 69.7 Å². The third kappa shape index (κ3) is 4.64. The van der Waals surface area contributed by atoms with Gasteiger partial charge in [0, 0.05) is 38.3 Å². The molecule has 6 nitrogen and oxygen atoms in total. The molecule has 2 aliphatic rings. The summed E-state index contributed by atoms with van der Waals surface area (Å²) in [5.74, 6) is 0.0338. The number of benzene rings is 1. The van der Waals surface area contributed by atoms with Gasteiger partial charge in [-0.05, 0) is 43.4 Å². The van der Waals surface area contributed by atoms with Gasteiger partial charge in [0.25, 0.3) is 16.1 Å². The highest BCUT2D eigenvalue weighted by Crippen LogP contribution is 2.23. The molecule has 26 heavy (non-hydrogen) atoms. The molecule has 7 heteroatoms. The molecule has 1 N–H and O–H groups in total. The van der Waals surface area contributed by atoms with E-state index in [2.05, 4.69) is 4.72 Å². The molecule has 0 bridgehead atoms. The van der Waals surface area contributed by atoms with Crippen LogP contribution in [0, 0.1) is 0 Å². The molecule has 0 unspecified atom stereocenters.